The molecular weight excluding hydrogens is 253 g/mol. The molecule has 3 nitrogen and oxygen atoms in total. The fourth-order valence-corrected chi connectivity index (χ4v) is 2.42. The highest BCUT2D eigenvalue weighted by atomic mass is 19.1. The van der Waals surface area contributed by atoms with Crippen molar-refractivity contribution < 1.29 is 4.39 Å². The molecular formula is C16H16FN3. The van der Waals surface area contributed by atoms with Crippen LogP contribution in [-0.2, 0) is 6.54 Å². The Balaban J connectivity index is 2.13. The smallest absolute Gasteiger partial charge is 0.137 e. The SMILES string of the molecule is CN(C)Cc1ccc(F)c(-c2c[nH]c3ncccc23)c1. The molecule has 0 amide bonds. The minimum Gasteiger partial charge on any atom is -0.346 e. The Hall–Kier alpha value is -2.20. The minimum absolute atomic E-state index is 0.211. The van der Waals surface area contributed by atoms with Gasteiger partial charge in [-0.15, -0.1) is 0 Å². The zero-order valence-corrected chi connectivity index (χ0v) is 11.5. The Morgan fingerprint density at radius 1 is 1.20 bits per heavy atom. The van der Waals surface area contributed by atoms with Gasteiger partial charge in [0.25, 0.3) is 0 Å². The number of aromatic amines is 1. The van der Waals surface area contributed by atoms with Gasteiger partial charge in [-0.3, -0.25) is 0 Å². The van der Waals surface area contributed by atoms with E-state index in [0.29, 0.717) is 5.56 Å². The lowest BCUT2D eigenvalue weighted by molar-refractivity contribution is 0.402. The second-order valence-corrected chi connectivity index (χ2v) is 5.15. The van der Waals surface area contributed by atoms with Gasteiger partial charge in [0.2, 0.25) is 0 Å². The molecule has 0 aliphatic rings. The third-order valence-corrected chi connectivity index (χ3v) is 3.27. The van der Waals surface area contributed by atoms with Crippen molar-refractivity contribution in [3.63, 3.8) is 0 Å². The maximum atomic E-state index is 14.2. The minimum atomic E-state index is -0.211. The van der Waals surface area contributed by atoms with Crippen LogP contribution in [0.25, 0.3) is 22.2 Å². The number of halogens is 1. The van der Waals surface area contributed by atoms with Gasteiger partial charge in [-0.1, -0.05) is 6.07 Å². The van der Waals surface area contributed by atoms with Crippen LogP contribution >= 0.6 is 0 Å². The summed E-state index contributed by atoms with van der Waals surface area (Å²) in [5.41, 5.74) is 3.33. The third-order valence-electron chi connectivity index (χ3n) is 3.27. The Labute approximate surface area is 117 Å². The van der Waals surface area contributed by atoms with Crippen LogP contribution in [0.3, 0.4) is 0 Å². The predicted molar refractivity (Wildman–Crippen MR) is 78.9 cm³/mol. The number of hydrogen-bond acceptors (Lipinski definition) is 2. The average Bonchev–Trinajstić information content (AvgIpc) is 2.84. The number of hydrogen-bond donors (Lipinski definition) is 1. The van der Waals surface area contributed by atoms with E-state index in [1.54, 1.807) is 6.20 Å². The van der Waals surface area contributed by atoms with Crippen LogP contribution < -0.4 is 0 Å². The van der Waals surface area contributed by atoms with Crippen LogP contribution in [-0.4, -0.2) is 29.0 Å². The predicted octanol–water partition coefficient (Wildman–Crippen LogP) is 3.43. The summed E-state index contributed by atoms with van der Waals surface area (Å²) in [6.07, 6.45) is 3.54. The van der Waals surface area contributed by atoms with E-state index < -0.39 is 0 Å². The van der Waals surface area contributed by atoms with E-state index in [1.807, 2.05) is 44.6 Å². The van der Waals surface area contributed by atoms with E-state index in [9.17, 15) is 4.39 Å². The lowest BCUT2D eigenvalue weighted by Crippen LogP contribution is -2.10. The molecule has 0 saturated heterocycles. The average molecular weight is 269 g/mol. The summed E-state index contributed by atoms with van der Waals surface area (Å²) < 4.78 is 14.2. The van der Waals surface area contributed by atoms with Crippen molar-refractivity contribution in [2.45, 2.75) is 6.54 Å². The lowest BCUT2D eigenvalue weighted by Gasteiger charge is -2.11. The molecule has 3 rings (SSSR count). The van der Waals surface area contributed by atoms with Gasteiger partial charge < -0.3 is 9.88 Å². The first-order valence-electron chi connectivity index (χ1n) is 6.51. The molecule has 0 unspecified atom stereocenters. The number of fused-ring (bicyclic) bond motifs is 1. The molecule has 0 saturated carbocycles. The van der Waals surface area contributed by atoms with Crippen molar-refractivity contribution in [3.05, 3.63) is 54.1 Å². The number of nitrogens with one attached hydrogen (secondary N) is 1. The van der Waals surface area contributed by atoms with Crippen molar-refractivity contribution in [3.8, 4) is 11.1 Å². The molecule has 2 heterocycles. The number of nitrogens with zero attached hydrogens (tertiary/aromatic N) is 2. The molecule has 0 aliphatic heterocycles. The number of H-pyrrole nitrogens is 1. The van der Waals surface area contributed by atoms with Crippen molar-refractivity contribution in [2.75, 3.05) is 14.1 Å². The number of pyridine rings is 1. The molecule has 0 aliphatic carbocycles. The highest BCUT2D eigenvalue weighted by Crippen LogP contribution is 2.30. The third kappa shape index (κ3) is 2.30. The highest BCUT2D eigenvalue weighted by Gasteiger charge is 2.12. The molecule has 1 aromatic carbocycles. The van der Waals surface area contributed by atoms with Crippen LogP contribution in [0.1, 0.15) is 5.56 Å². The van der Waals surface area contributed by atoms with Gasteiger partial charge in [0.1, 0.15) is 11.5 Å². The van der Waals surface area contributed by atoms with Gasteiger partial charge in [-0.2, -0.15) is 0 Å². The fraction of sp³-hybridized carbons (Fsp3) is 0.188. The second-order valence-electron chi connectivity index (χ2n) is 5.15. The first-order chi connectivity index (χ1) is 9.65. The Bertz CT molecular complexity index is 746. The van der Waals surface area contributed by atoms with Crippen LogP contribution in [0.2, 0.25) is 0 Å². The number of rotatable bonds is 3. The second kappa shape index (κ2) is 5.06. The van der Waals surface area contributed by atoms with E-state index in [1.165, 1.54) is 6.07 Å². The van der Waals surface area contributed by atoms with E-state index >= 15 is 0 Å². The van der Waals surface area contributed by atoms with Gasteiger partial charge in [0.05, 0.1) is 0 Å². The fourth-order valence-electron chi connectivity index (χ4n) is 2.42. The van der Waals surface area contributed by atoms with E-state index in [4.69, 9.17) is 0 Å². The van der Waals surface area contributed by atoms with E-state index in [2.05, 4.69) is 14.9 Å². The largest absolute Gasteiger partial charge is 0.346 e. The molecule has 0 atom stereocenters. The first kappa shape index (κ1) is 12.8. The van der Waals surface area contributed by atoms with Crippen molar-refractivity contribution in [2.24, 2.45) is 0 Å². The molecule has 102 valence electrons. The standard InChI is InChI=1S/C16H16FN3/c1-20(2)10-11-5-6-15(17)13(8-11)14-9-19-16-12(14)4-3-7-18-16/h3-9H,10H2,1-2H3,(H,18,19). The maximum absolute atomic E-state index is 14.2. The van der Waals surface area contributed by atoms with Crippen LogP contribution in [0.5, 0.6) is 0 Å². The van der Waals surface area contributed by atoms with Gasteiger partial charge in [-0.25, -0.2) is 9.37 Å². The molecule has 4 heteroatoms. The Kier molecular flexibility index (Phi) is 3.24. The van der Waals surface area contributed by atoms with E-state index in [0.717, 1.165) is 28.7 Å². The van der Waals surface area contributed by atoms with Gasteiger partial charge in [0.15, 0.2) is 0 Å². The molecule has 3 aromatic rings. The van der Waals surface area contributed by atoms with Gasteiger partial charge >= 0.3 is 0 Å². The summed E-state index contributed by atoms with van der Waals surface area (Å²) in [5.74, 6) is -0.211. The summed E-state index contributed by atoms with van der Waals surface area (Å²) in [7, 11) is 4.00. The quantitative estimate of drug-likeness (QED) is 0.790. The summed E-state index contributed by atoms with van der Waals surface area (Å²) in [5, 5.41) is 0.938. The van der Waals surface area contributed by atoms with Crippen molar-refractivity contribution >= 4 is 11.0 Å². The number of aromatic nitrogens is 2. The van der Waals surface area contributed by atoms with Gasteiger partial charge in [0, 0.05) is 35.5 Å². The molecule has 2 aromatic heterocycles. The number of benzene rings is 1. The zero-order chi connectivity index (χ0) is 14.1. The van der Waals surface area contributed by atoms with Crippen molar-refractivity contribution in [1.29, 1.82) is 0 Å². The first-order valence-corrected chi connectivity index (χ1v) is 6.51. The van der Waals surface area contributed by atoms with Crippen molar-refractivity contribution in [1.82, 2.24) is 14.9 Å². The highest BCUT2D eigenvalue weighted by molar-refractivity contribution is 5.93. The molecule has 0 radical (unpaired) electrons. The molecule has 1 N–H and O–H groups in total. The van der Waals surface area contributed by atoms with E-state index in [-0.39, 0.29) is 5.82 Å². The summed E-state index contributed by atoms with van der Waals surface area (Å²) in [6.45, 7) is 0.786. The Morgan fingerprint density at radius 2 is 2.05 bits per heavy atom. The topological polar surface area (TPSA) is 31.9 Å². The molecule has 0 fully saturated rings. The summed E-state index contributed by atoms with van der Waals surface area (Å²) >= 11 is 0. The van der Waals surface area contributed by atoms with Crippen LogP contribution in [0.4, 0.5) is 4.39 Å². The van der Waals surface area contributed by atoms with Crippen LogP contribution in [0.15, 0.2) is 42.7 Å². The van der Waals surface area contributed by atoms with Gasteiger partial charge in [-0.05, 0) is 43.9 Å². The summed E-state index contributed by atoms with van der Waals surface area (Å²) in [6, 6.07) is 9.08. The summed E-state index contributed by atoms with van der Waals surface area (Å²) in [4.78, 5) is 9.39. The molecule has 0 bridgehead atoms. The Morgan fingerprint density at radius 3 is 2.85 bits per heavy atom. The monoisotopic (exact) mass is 269 g/mol. The zero-order valence-electron chi connectivity index (χ0n) is 11.5. The molecule has 0 spiro atoms. The maximum Gasteiger partial charge on any atom is 0.137 e. The lowest BCUT2D eigenvalue weighted by atomic mass is 10.0. The normalized spacial score (nSPS) is 11.4. The van der Waals surface area contributed by atoms with Crippen LogP contribution in [0, 0.1) is 5.82 Å². The molecule has 20 heavy (non-hydrogen) atoms.